The molecule has 0 saturated carbocycles. The molecule has 2 bridgehead atoms. The van der Waals surface area contributed by atoms with Crippen LogP contribution >= 0.6 is 0 Å². The SMILES string of the molecule is CCCC[C@]12Oc3c(OC)ccc4c3[C@]13CCN(C)[C@H](C4)C3=CC=C2OC. The highest BCUT2D eigenvalue weighted by molar-refractivity contribution is 5.69. The van der Waals surface area contributed by atoms with Crippen molar-refractivity contribution in [2.75, 3.05) is 27.8 Å². The van der Waals surface area contributed by atoms with E-state index < -0.39 is 5.60 Å². The molecule has 1 saturated heterocycles. The number of ether oxygens (including phenoxy) is 3. The molecule has 2 heterocycles. The maximum absolute atomic E-state index is 6.95. The van der Waals surface area contributed by atoms with Crippen molar-refractivity contribution in [1.29, 1.82) is 0 Å². The summed E-state index contributed by atoms with van der Waals surface area (Å²) in [4.78, 5) is 2.51. The van der Waals surface area contributed by atoms with Crippen molar-refractivity contribution in [3.63, 3.8) is 0 Å². The quantitative estimate of drug-likeness (QED) is 0.788. The summed E-state index contributed by atoms with van der Waals surface area (Å²) >= 11 is 0. The highest BCUT2D eigenvalue weighted by Crippen LogP contribution is 2.67. The number of unbranched alkanes of at least 4 members (excludes halogenated alkanes) is 1. The fourth-order valence-corrected chi connectivity index (χ4v) is 6.17. The van der Waals surface area contributed by atoms with Crippen LogP contribution in [0.25, 0.3) is 0 Å². The van der Waals surface area contributed by atoms with Gasteiger partial charge < -0.3 is 14.2 Å². The first-order chi connectivity index (χ1) is 13.1. The van der Waals surface area contributed by atoms with Gasteiger partial charge in [-0.1, -0.05) is 25.5 Å². The van der Waals surface area contributed by atoms with E-state index in [2.05, 4.69) is 43.2 Å². The summed E-state index contributed by atoms with van der Waals surface area (Å²) in [6, 6.07) is 4.77. The Morgan fingerprint density at radius 1 is 1.22 bits per heavy atom. The number of hydrogen-bond acceptors (Lipinski definition) is 4. The Labute approximate surface area is 161 Å². The third kappa shape index (κ3) is 1.87. The molecule has 0 radical (unpaired) electrons. The highest BCUT2D eigenvalue weighted by atomic mass is 16.6. The van der Waals surface area contributed by atoms with Gasteiger partial charge >= 0.3 is 0 Å². The lowest BCUT2D eigenvalue weighted by molar-refractivity contribution is -0.0209. The summed E-state index contributed by atoms with van der Waals surface area (Å²) in [6.07, 6.45) is 9.81. The molecule has 0 amide bonds. The maximum atomic E-state index is 6.95. The molecule has 5 rings (SSSR count). The smallest absolute Gasteiger partial charge is 0.179 e. The lowest BCUT2D eigenvalue weighted by Gasteiger charge is -2.57. The number of allylic oxidation sites excluding steroid dienone is 2. The van der Waals surface area contributed by atoms with E-state index in [1.54, 1.807) is 14.2 Å². The van der Waals surface area contributed by atoms with Gasteiger partial charge in [-0.3, -0.25) is 4.90 Å². The van der Waals surface area contributed by atoms with E-state index in [-0.39, 0.29) is 5.41 Å². The Bertz CT molecular complexity index is 857. The number of benzene rings is 1. The van der Waals surface area contributed by atoms with Gasteiger partial charge in [0.2, 0.25) is 0 Å². The summed E-state index contributed by atoms with van der Waals surface area (Å²) in [5, 5.41) is 0. The van der Waals surface area contributed by atoms with Gasteiger partial charge in [-0.2, -0.15) is 0 Å². The zero-order valence-electron chi connectivity index (χ0n) is 16.8. The van der Waals surface area contributed by atoms with Crippen LogP contribution in [0.5, 0.6) is 11.5 Å². The molecule has 4 aliphatic rings. The van der Waals surface area contributed by atoms with E-state index in [0.717, 1.165) is 55.9 Å². The Hall–Kier alpha value is -1.94. The van der Waals surface area contributed by atoms with Gasteiger partial charge in [-0.05, 0) is 62.6 Å². The van der Waals surface area contributed by atoms with Crippen molar-refractivity contribution in [3.8, 4) is 11.5 Å². The number of likely N-dealkylation sites (tertiary alicyclic amines) is 1. The summed E-state index contributed by atoms with van der Waals surface area (Å²) < 4.78 is 18.7. The number of nitrogens with zero attached hydrogens (tertiary/aromatic N) is 1. The van der Waals surface area contributed by atoms with Gasteiger partial charge in [0.25, 0.3) is 0 Å². The summed E-state index contributed by atoms with van der Waals surface area (Å²) in [5.74, 6) is 2.76. The molecule has 1 aromatic rings. The van der Waals surface area contributed by atoms with Gasteiger partial charge in [0.15, 0.2) is 17.1 Å². The molecule has 2 aliphatic heterocycles. The van der Waals surface area contributed by atoms with Gasteiger partial charge in [0.1, 0.15) is 5.76 Å². The Balaban J connectivity index is 1.84. The van der Waals surface area contributed by atoms with Crippen LogP contribution in [-0.4, -0.2) is 44.4 Å². The third-order valence-corrected chi connectivity index (χ3v) is 7.37. The molecule has 4 nitrogen and oxygen atoms in total. The minimum Gasteiger partial charge on any atom is -0.497 e. The standard InChI is InChI=1S/C23H29NO3/c1-5-6-11-23-19(26-4)10-8-16-17-14-15-7-9-18(25-3)21(27-23)20(15)22(16,23)12-13-24(17)2/h7-10,17H,5-6,11-14H2,1-4H3/t17-,22-,23-/m1/s1. The predicted octanol–water partition coefficient (Wildman–Crippen LogP) is 3.98. The molecule has 3 atom stereocenters. The molecular formula is C23H29NO3. The zero-order valence-corrected chi connectivity index (χ0v) is 16.8. The molecule has 27 heavy (non-hydrogen) atoms. The first kappa shape index (κ1) is 17.2. The van der Waals surface area contributed by atoms with Crippen molar-refractivity contribution in [2.24, 2.45) is 0 Å². The minimum absolute atomic E-state index is 0.128. The summed E-state index contributed by atoms with van der Waals surface area (Å²) in [5.41, 5.74) is 3.71. The molecule has 0 aromatic heterocycles. The van der Waals surface area contributed by atoms with Gasteiger partial charge in [0, 0.05) is 11.6 Å². The number of methoxy groups -OCH3 is 2. The second-order valence-corrected chi connectivity index (χ2v) is 8.38. The molecule has 1 fully saturated rings. The van der Waals surface area contributed by atoms with Crippen LogP contribution in [0.2, 0.25) is 0 Å². The van der Waals surface area contributed by atoms with Crippen molar-refractivity contribution < 1.29 is 14.2 Å². The largest absolute Gasteiger partial charge is 0.497 e. The molecule has 144 valence electrons. The number of likely N-dealkylation sites (N-methyl/N-ethyl adjacent to an activating group) is 1. The number of hydrogen-bond donors (Lipinski definition) is 0. The van der Waals surface area contributed by atoms with Crippen LogP contribution in [0.4, 0.5) is 0 Å². The predicted molar refractivity (Wildman–Crippen MR) is 105 cm³/mol. The van der Waals surface area contributed by atoms with Crippen LogP contribution < -0.4 is 9.47 Å². The van der Waals surface area contributed by atoms with Gasteiger partial charge in [-0.15, -0.1) is 0 Å². The first-order valence-corrected chi connectivity index (χ1v) is 10.2. The fraction of sp³-hybridized carbons (Fsp3) is 0.565. The van der Waals surface area contributed by atoms with Crippen molar-refractivity contribution in [3.05, 3.63) is 46.7 Å². The van der Waals surface area contributed by atoms with Crippen LogP contribution in [0, 0.1) is 0 Å². The second kappa shape index (κ2) is 5.78. The van der Waals surface area contributed by atoms with Crippen LogP contribution in [-0.2, 0) is 16.6 Å². The van der Waals surface area contributed by atoms with Crippen molar-refractivity contribution >= 4 is 0 Å². The highest BCUT2D eigenvalue weighted by Gasteiger charge is 2.69. The minimum atomic E-state index is -0.451. The van der Waals surface area contributed by atoms with Crippen LogP contribution in [0.15, 0.2) is 35.6 Å². The zero-order chi connectivity index (χ0) is 18.8. The molecule has 4 heteroatoms. The molecular weight excluding hydrogens is 338 g/mol. The second-order valence-electron chi connectivity index (χ2n) is 8.38. The Kier molecular flexibility index (Phi) is 3.68. The third-order valence-electron chi connectivity index (χ3n) is 7.37. The Morgan fingerprint density at radius 3 is 2.81 bits per heavy atom. The maximum Gasteiger partial charge on any atom is 0.179 e. The molecule has 0 unspecified atom stereocenters. The number of rotatable bonds is 5. The average Bonchev–Trinajstić information content (AvgIpc) is 2.99. The van der Waals surface area contributed by atoms with Gasteiger partial charge in [-0.25, -0.2) is 0 Å². The van der Waals surface area contributed by atoms with E-state index in [4.69, 9.17) is 14.2 Å². The fourth-order valence-electron chi connectivity index (χ4n) is 6.17. The lowest BCUT2D eigenvalue weighted by Crippen LogP contribution is -2.64. The van der Waals surface area contributed by atoms with E-state index in [0.29, 0.717) is 6.04 Å². The molecule has 0 N–H and O–H groups in total. The van der Waals surface area contributed by atoms with E-state index in [1.165, 1.54) is 16.7 Å². The van der Waals surface area contributed by atoms with Crippen molar-refractivity contribution in [1.82, 2.24) is 4.90 Å². The topological polar surface area (TPSA) is 30.9 Å². The summed E-state index contributed by atoms with van der Waals surface area (Å²) in [6.45, 7) is 3.32. The van der Waals surface area contributed by atoms with Crippen molar-refractivity contribution in [2.45, 2.75) is 56.1 Å². The molecule has 2 aliphatic carbocycles. The Morgan fingerprint density at radius 2 is 2.07 bits per heavy atom. The monoisotopic (exact) mass is 367 g/mol. The van der Waals surface area contributed by atoms with Gasteiger partial charge in [0.05, 0.1) is 19.6 Å². The van der Waals surface area contributed by atoms with E-state index in [1.807, 2.05) is 0 Å². The average molecular weight is 367 g/mol. The molecule has 1 aromatic carbocycles. The van der Waals surface area contributed by atoms with E-state index in [9.17, 15) is 0 Å². The molecule has 1 spiro atoms. The normalized spacial score (nSPS) is 33.0. The first-order valence-electron chi connectivity index (χ1n) is 10.2. The lowest BCUT2D eigenvalue weighted by atomic mass is 9.51. The van der Waals surface area contributed by atoms with E-state index >= 15 is 0 Å². The summed E-state index contributed by atoms with van der Waals surface area (Å²) in [7, 11) is 5.78. The number of piperidine rings is 1. The van der Waals surface area contributed by atoms with Crippen LogP contribution in [0.3, 0.4) is 0 Å². The van der Waals surface area contributed by atoms with Crippen LogP contribution in [0.1, 0.15) is 43.7 Å².